The third-order valence-electron chi connectivity index (χ3n) is 3.92. The molecule has 0 saturated carbocycles. The summed E-state index contributed by atoms with van der Waals surface area (Å²) in [6, 6.07) is 19.5. The third-order valence-corrected chi connectivity index (χ3v) is 5.00. The third kappa shape index (κ3) is 3.80. The molecule has 0 radical (unpaired) electrons. The van der Waals surface area contributed by atoms with Gasteiger partial charge >= 0.3 is 0 Å². The van der Waals surface area contributed by atoms with Crippen molar-refractivity contribution in [1.82, 2.24) is 9.97 Å². The maximum Gasteiger partial charge on any atom is 0.231 e. The second-order valence-electron chi connectivity index (χ2n) is 6.08. The van der Waals surface area contributed by atoms with E-state index in [1.165, 1.54) is 6.92 Å². The molecule has 0 aliphatic rings. The fraction of sp³-hybridized carbons (Fsp3) is 0.0952. The van der Waals surface area contributed by atoms with Crippen molar-refractivity contribution in [2.45, 2.75) is 13.8 Å². The monoisotopic (exact) mass is 375 g/mol. The van der Waals surface area contributed by atoms with E-state index in [0.717, 1.165) is 26.3 Å². The summed E-state index contributed by atoms with van der Waals surface area (Å²) in [5.41, 5.74) is 1.87. The minimum atomic E-state index is -0.108. The molecule has 4 aromatic rings. The van der Waals surface area contributed by atoms with E-state index in [2.05, 4.69) is 33.5 Å². The summed E-state index contributed by atoms with van der Waals surface area (Å²) in [4.78, 5) is 22.2. The molecule has 0 spiro atoms. The molecule has 27 heavy (non-hydrogen) atoms. The van der Waals surface area contributed by atoms with Gasteiger partial charge in [0.1, 0.15) is 16.4 Å². The number of aromatic nitrogens is 2. The average Bonchev–Trinajstić information content (AvgIpc) is 3.08. The van der Waals surface area contributed by atoms with Crippen LogP contribution < -0.4 is 10.1 Å². The highest BCUT2D eigenvalue weighted by Crippen LogP contribution is 2.37. The molecule has 4 rings (SSSR count). The predicted molar refractivity (Wildman–Crippen MR) is 108 cm³/mol. The first-order valence-corrected chi connectivity index (χ1v) is 9.29. The topological polar surface area (TPSA) is 64.1 Å². The van der Waals surface area contributed by atoms with Crippen LogP contribution in [-0.2, 0) is 4.79 Å². The maximum atomic E-state index is 11.1. The fourth-order valence-electron chi connectivity index (χ4n) is 2.74. The molecule has 6 heteroatoms. The van der Waals surface area contributed by atoms with Gasteiger partial charge in [-0.3, -0.25) is 4.79 Å². The minimum absolute atomic E-state index is 0.108. The van der Waals surface area contributed by atoms with E-state index in [9.17, 15) is 4.79 Å². The van der Waals surface area contributed by atoms with Crippen LogP contribution in [0.15, 0.2) is 60.7 Å². The number of thiophene rings is 1. The van der Waals surface area contributed by atoms with Gasteiger partial charge in [-0.15, -0.1) is 11.3 Å². The summed E-state index contributed by atoms with van der Waals surface area (Å²) in [7, 11) is 0. The van der Waals surface area contributed by atoms with E-state index in [1.807, 2.05) is 25.1 Å². The number of nitrogens with one attached hydrogen (secondary N) is 1. The number of ether oxygens (including phenoxy) is 1. The average molecular weight is 375 g/mol. The van der Waals surface area contributed by atoms with E-state index in [4.69, 9.17) is 4.74 Å². The van der Waals surface area contributed by atoms with Crippen LogP contribution in [0.4, 0.5) is 5.69 Å². The highest BCUT2D eigenvalue weighted by atomic mass is 32.1. The van der Waals surface area contributed by atoms with E-state index < -0.39 is 0 Å². The van der Waals surface area contributed by atoms with Crippen LogP contribution in [0.3, 0.4) is 0 Å². The Morgan fingerprint density at radius 2 is 1.78 bits per heavy atom. The van der Waals surface area contributed by atoms with Crippen molar-refractivity contribution in [1.29, 1.82) is 0 Å². The number of rotatable bonds is 4. The highest BCUT2D eigenvalue weighted by Gasteiger charge is 2.13. The van der Waals surface area contributed by atoms with Gasteiger partial charge < -0.3 is 10.1 Å². The lowest BCUT2D eigenvalue weighted by molar-refractivity contribution is -0.114. The molecule has 1 amide bonds. The van der Waals surface area contributed by atoms with Crippen molar-refractivity contribution in [2.75, 3.05) is 5.32 Å². The molecule has 0 saturated heterocycles. The van der Waals surface area contributed by atoms with Crippen molar-refractivity contribution >= 4 is 33.1 Å². The first-order valence-electron chi connectivity index (χ1n) is 8.47. The van der Waals surface area contributed by atoms with E-state index in [1.54, 1.807) is 35.6 Å². The van der Waals surface area contributed by atoms with Gasteiger partial charge in [-0.05, 0) is 42.8 Å². The van der Waals surface area contributed by atoms with Crippen LogP contribution >= 0.6 is 11.3 Å². The molecular weight excluding hydrogens is 358 g/mol. The summed E-state index contributed by atoms with van der Waals surface area (Å²) >= 11 is 1.62. The Kier molecular flexibility index (Phi) is 4.56. The van der Waals surface area contributed by atoms with Gasteiger partial charge in [-0.1, -0.05) is 30.3 Å². The zero-order chi connectivity index (χ0) is 18.8. The number of nitrogens with zero attached hydrogens (tertiary/aromatic N) is 2. The summed E-state index contributed by atoms with van der Waals surface area (Å²) in [6.07, 6.45) is 0. The van der Waals surface area contributed by atoms with Crippen LogP contribution in [0, 0.1) is 6.92 Å². The molecule has 0 unspecified atom stereocenters. The summed E-state index contributed by atoms with van der Waals surface area (Å²) in [5, 5.41) is 3.62. The van der Waals surface area contributed by atoms with Crippen molar-refractivity contribution < 1.29 is 9.53 Å². The Morgan fingerprint density at radius 1 is 1.04 bits per heavy atom. The molecule has 0 fully saturated rings. The number of fused-ring (bicyclic) bond motifs is 1. The molecular formula is C21H17N3O2S. The molecule has 2 aromatic carbocycles. The van der Waals surface area contributed by atoms with Gasteiger partial charge in [0.25, 0.3) is 0 Å². The second-order valence-corrected chi connectivity index (χ2v) is 7.11. The van der Waals surface area contributed by atoms with Crippen molar-refractivity contribution in [2.24, 2.45) is 0 Å². The number of benzene rings is 2. The Labute approximate surface area is 160 Å². The van der Waals surface area contributed by atoms with Gasteiger partial charge in [-0.25, -0.2) is 4.98 Å². The fourth-order valence-corrected chi connectivity index (χ4v) is 3.81. The summed E-state index contributed by atoms with van der Waals surface area (Å²) in [5.74, 6) is 1.73. The molecule has 2 aromatic heterocycles. The van der Waals surface area contributed by atoms with Crippen LogP contribution in [0.5, 0.6) is 11.6 Å². The lowest BCUT2D eigenvalue weighted by atomic mass is 10.2. The van der Waals surface area contributed by atoms with E-state index in [-0.39, 0.29) is 5.91 Å². The Morgan fingerprint density at radius 3 is 2.48 bits per heavy atom. The van der Waals surface area contributed by atoms with Gasteiger partial charge in [0.2, 0.25) is 11.8 Å². The maximum absolute atomic E-state index is 11.1. The lowest BCUT2D eigenvalue weighted by Crippen LogP contribution is -2.05. The molecule has 0 aliphatic heterocycles. The summed E-state index contributed by atoms with van der Waals surface area (Å²) < 4.78 is 6.02. The first kappa shape index (κ1) is 17.2. The molecule has 0 aliphatic carbocycles. The highest BCUT2D eigenvalue weighted by molar-refractivity contribution is 7.21. The van der Waals surface area contributed by atoms with Crippen molar-refractivity contribution in [3.05, 3.63) is 66.5 Å². The number of hydrogen-bond donors (Lipinski definition) is 1. The Hall–Kier alpha value is -3.25. The molecule has 2 heterocycles. The Balaban J connectivity index is 1.69. The predicted octanol–water partition coefficient (Wildman–Crippen LogP) is 5.42. The van der Waals surface area contributed by atoms with Crippen molar-refractivity contribution in [3.63, 3.8) is 0 Å². The SMILES string of the molecule is CC(=O)Nc1ccc(Oc2nc(C)nc3sc(-c4ccccc4)cc23)cc1. The zero-order valence-corrected chi connectivity index (χ0v) is 15.7. The van der Waals surface area contributed by atoms with Crippen molar-refractivity contribution in [3.8, 4) is 22.1 Å². The number of carbonyl (C=O) groups is 1. The van der Waals surface area contributed by atoms with Gasteiger partial charge in [0.05, 0.1) is 5.39 Å². The number of amides is 1. The lowest BCUT2D eigenvalue weighted by Gasteiger charge is -2.08. The van der Waals surface area contributed by atoms with E-state index >= 15 is 0 Å². The number of hydrogen-bond acceptors (Lipinski definition) is 5. The van der Waals surface area contributed by atoms with E-state index in [0.29, 0.717) is 17.5 Å². The van der Waals surface area contributed by atoms with Crippen LogP contribution in [0.1, 0.15) is 12.7 Å². The quantitative estimate of drug-likeness (QED) is 0.517. The molecule has 0 atom stereocenters. The molecule has 134 valence electrons. The Bertz CT molecular complexity index is 1110. The van der Waals surface area contributed by atoms with Gasteiger partial charge in [0, 0.05) is 17.5 Å². The number of anilines is 1. The standard InChI is InChI=1S/C21H17N3O2S/c1-13-22-20(26-17-10-8-16(9-11-17)24-14(2)25)18-12-19(27-21(18)23-13)15-6-4-3-5-7-15/h3-12H,1-2H3,(H,24,25). The summed E-state index contributed by atoms with van der Waals surface area (Å²) in [6.45, 7) is 3.33. The largest absolute Gasteiger partial charge is 0.438 e. The first-order chi connectivity index (χ1) is 13.1. The molecule has 5 nitrogen and oxygen atoms in total. The molecule has 0 bridgehead atoms. The second kappa shape index (κ2) is 7.17. The zero-order valence-electron chi connectivity index (χ0n) is 14.9. The number of carbonyl (C=O) groups excluding carboxylic acids is 1. The van der Waals surface area contributed by atoms with Crippen LogP contribution in [-0.4, -0.2) is 15.9 Å². The minimum Gasteiger partial charge on any atom is -0.438 e. The number of aryl methyl sites for hydroxylation is 1. The van der Waals surface area contributed by atoms with Gasteiger partial charge in [-0.2, -0.15) is 4.98 Å². The van der Waals surface area contributed by atoms with Crippen LogP contribution in [0.2, 0.25) is 0 Å². The molecule has 1 N–H and O–H groups in total. The van der Waals surface area contributed by atoms with Crippen LogP contribution in [0.25, 0.3) is 20.7 Å². The van der Waals surface area contributed by atoms with Gasteiger partial charge in [0.15, 0.2) is 0 Å². The normalized spacial score (nSPS) is 10.7. The smallest absolute Gasteiger partial charge is 0.231 e.